The number of hydrogen-bond donors (Lipinski definition) is 1. The van der Waals surface area contributed by atoms with Crippen LogP contribution < -0.4 is 5.32 Å². The predicted molar refractivity (Wildman–Crippen MR) is 97.3 cm³/mol. The van der Waals surface area contributed by atoms with Gasteiger partial charge in [0.25, 0.3) is 0 Å². The number of amides is 1. The molecule has 1 aromatic heterocycles. The van der Waals surface area contributed by atoms with Crippen LogP contribution >= 0.6 is 0 Å². The second kappa shape index (κ2) is 6.90. The van der Waals surface area contributed by atoms with Gasteiger partial charge in [0.15, 0.2) is 0 Å². The molecule has 1 saturated carbocycles. The highest BCUT2D eigenvalue weighted by Gasteiger charge is 2.51. The van der Waals surface area contributed by atoms with E-state index in [1.807, 2.05) is 0 Å². The molecule has 0 atom stereocenters. The standard InChI is InChI=1S/C20H18F3N3O/c1-3-6-14(4-2)19(9-10-19)18(27)25-16-13-15(20(21,22)23)7-8-17(16)26-12-5-11-24-26/h3-8,11-13H,1-2,9-10H2,(H,25,27)/b14-6+. The number of rotatable bonds is 6. The van der Waals surface area contributed by atoms with Crippen LogP contribution in [-0.4, -0.2) is 15.7 Å². The molecule has 0 radical (unpaired) electrons. The molecule has 1 amide bonds. The molecule has 1 aromatic carbocycles. The Morgan fingerprint density at radius 2 is 2.04 bits per heavy atom. The average Bonchev–Trinajstić information content (AvgIpc) is 3.25. The van der Waals surface area contributed by atoms with E-state index in [0.717, 1.165) is 12.1 Å². The first kappa shape index (κ1) is 18.7. The van der Waals surface area contributed by atoms with E-state index in [1.165, 1.54) is 16.9 Å². The second-order valence-corrected chi connectivity index (χ2v) is 6.28. The summed E-state index contributed by atoms with van der Waals surface area (Å²) in [7, 11) is 0. The molecule has 7 heteroatoms. The maximum absolute atomic E-state index is 13.1. The third kappa shape index (κ3) is 3.58. The van der Waals surface area contributed by atoms with Crippen LogP contribution in [0.2, 0.25) is 0 Å². The van der Waals surface area contributed by atoms with E-state index in [2.05, 4.69) is 23.6 Å². The number of allylic oxidation sites excluding steroid dienone is 3. The molecule has 0 bridgehead atoms. The number of aromatic nitrogens is 2. The first-order valence-corrected chi connectivity index (χ1v) is 8.30. The zero-order valence-electron chi connectivity index (χ0n) is 14.5. The maximum atomic E-state index is 13.1. The molecular weight excluding hydrogens is 355 g/mol. The molecule has 27 heavy (non-hydrogen) atoms. The number of carbonyl (C=O) groups excluding carboxylic acids is 1. The third-order valence-electron chi connectivity index (χ3n) is 4.58. The minimum Gasteiger partial charge on any atom is -0.323 e. The topological polar surface area (TPSA) is 46.9 Å². The molecule has 1 fully saturated rings. The molecule has 0 aliphatic heterocycles. The van der Waals surface area contributed by atoms with Gasteiger partial charge in [0.05, 0.1) is 22.4 Å². The van der Waals surface area contributed by atoms with E-state index >= 15 is 0 Å². The van der Waals surface area contributed by atoms with Crippen LogP contribution in [0, 0.1) is 5.41 Å². The van der Waals surface area contributed by atoms with Crippen LogP contribution in [0.5, 0.6) is 0 Å². The summed E-state index contributed by atoms with van der Waals surface area (Å²) in [4.78, 5) is 12.9. The van der Waals surface area contributed by atoms with E-state index in [9.17, 15) is 18.0 Å². The molecule has 0 unspecified atom stereocenters. The van der Waals surface area contributed by atoms with Gasteiger partial charge in [-0.1, -0.05) is 31.4 Å². The first-order chi connectivity index (χ1) is 12.8. The van der Waals surface area contributed by atoms with Crippen molar-refractivity contribution >= 4 is 11.6 Å². The quantitative estimate of drug-likeness (QED) is 0.732. The lowest BCUT2D eigenvalue weighted by molar-refractivity contribution is -0.137. The number of carbonyl (C=O) groups is 1. The Labute approximate surface area is 154 Å². The number of halogens is 3. The summed E-state index contributed by atoms with van der Waals surface area (Å²) in [5, 5.41) is 6.71. The summed E-state index contributed by atoms with van der Waals surface area (Å²) in [6, 6.07) is 4.83. The maximum Gasteiger partial charge on any atom is 0.416 e. The number of alkyl halides is 3. The number of benzene rings is 1. The Hall–Kier alpha value is -3.09. The monoisotopic (exact) mass is 373 g/mol. The Kier molecular flexibility index (Phi) is 4.78. The van der Waals surface area contributed by atoms with Crippen molar-refractivity contribution in [2.75, 3.05) is 5.32 Å². The lowest BCUT2D eigenvalue weighted by atomic mass is 9.94. The van der Waals surface area contributed by atoms with Crippen LogP contribution in [-0.2, 0) is 11.0 Å². The van der Waals surface area contributed by atoms with Gasteiger partial charge in [-0.15, -0.1) is 0 Å². The Morgan fingerprint density at radius 1 is 1.30 bits per heavy atom. The molecular formula is C20H18F3N3O. The van der Waals surface area contributed by atoms with E-state index in [4.69, 9.17) is 0 Å². The Bertz CT molecular complexity index is 907. The summed E-state index contributed by atoms with van der Waals surface area (Å²) in [6.45, 7) is 7.35. The van der Waals surface area contributed by atoms with E-state index in [-0.39, 0.29) is 11.6 Å². The predicted octanol–water partition coefficient (Wildman–Crippen LogP) is 4.91. The van der Waals surface area contributed by atoms with Crippen LogP contribution in [0.1, 0.15) is 18.4 Å². The number of hydrogen-bond acceptors (Lipinski definition) is 2. The third-order valence-corrected chi connectivity index (χ3v) is 4.58. The summed E-state index contributed by atoms with van der Waals surface area (Å²) < 4.78 is 40.8. The highest BCUT2D eigenvalue weighted by molar-refractivity contribution is 6.01. The van der Waals surface area contributed by atoms with Crippen LogP contribution in [0.3, 0.4) is 0 Å². The van der Waals surface area contributed by atoms with Crippen molar-refractivity contribution < 1.29 is 18.0 Å². The Balaban J connectivity index is 2.00. The van der Waals surface area contributed by atoms with Crippen LogP contribution in [0.4, 0.5) is 18.9 Å². The van der Waals surface area contributed by atoms with Gasteiger partial charge in [-0.2, -0.15) is 18.3 Å². The summed E-state index contributed by atoms with van der Waals surface area (Å²) in [5.41, 5.74) is -0.533. The average molecular weight is 373 g/mol. The van der Waals surface area contributed by atoms with Crippen molar-refractivity contribution in [3.63, 3.8) is 0 Å². The van der Waals surface area contributed by atoms with Crippen LogP contribution in [0.15, 0.2) is 73.6 Å². The largest absolute Gasteiger partial charge is 0.416 e. The molecule has 0 saturated heterocycles. The smallest absolute Gasteiger partial charge is 0.323 e. The minimum atomic E-state index is -4.52. The van der Waals surface area contributed by atoms with Crippen molar-refractivity contribution in [3.8, 4) is 5.69 Å². The SMILES string of the molecule is C=C/C=C(\C=C)C1(C(=O)Nc2cc(C(F)(F)F)ccc2-n2cccn2)CC1. The van der Waals surface area contributed by atoms with E-state index in [1.54, 1.807) is 30.5 Å². The number of nitrogens with one attached hydrogen (secondary N) is 1. The number of nitrogens with zero attached hydrogens (tertiary/aromatic N) is 2. The highest BCUT2D eigenvalue weighted by atomic mass is 19.4. The summed E-state index contributed by atoms with van der Waals surface area (Å²) in [5.74, 6) is -0.372. The van der Waals surface area contributed by atoms with Gasteiger partial charge in [-0.25, -0.2) is 4.68 Å². The lowest BCUT2D eigenvalue weighted by Crippen LogP contribution is -2.26. The zero-order valence-corrected chi connectivity index (χ0v) is 14.5. The fourth-order valence-electron chi connectivity index (χ4n) is 2.99. The molecule has 1 aliphatic carbocycles. The molecule has 2 aromatic rings. The van der Waals surface area contributed by atoms with Gasteiger partial charge in [0, 0.05) is 12.4 Å². The molecule has 1 N–H and O–H groups in total. The van der Waals surface area contributed by atoms with Crippen molar-refractivity contribution in [1.29, 1.82) is 0 Å². The van der Waals surface area contributed by atoms with Crippen molar-refractivity contribution in [2.45, 2.75) is 19.0 Å². The molecule has 140 valence electrons. The first-order valence-electron chi connectivity index (χ1n) is 8.30. The van der Waals surface area contributed by atoms with Crippen molar-refractivity contribution in [3.05, 3.63) is 79.2 Å². The molecule has 1 heterocycles. The zero-order chi connectivity index (χ0) is 19.7. The van der Waals surface area contributed by atoms with Gasteiger partial charge in [0.1, 0.15) is 0 Å². The fraction of sp³-hybridized carbons (Fsp3) is 0.200. The summed E-state index contributed by atoms with van der Waals surface area (Å²) >= 11 is 0. The van der Waals surface area contributed by atoms with Crippen molar-refractivity contribution in [2.24, 2.45) is 5.41 Å². The summed E-state index contributed by atoms with van der Waals surface area (Å²) in [6.07, 6.45) is 4.61. The lowest BCUT2D eigenvalue weighted by Gasteiger charge is -2.19. The van der Waals surface area contributed by atoms with Gasteiger partial charge in [-0.3, -0.25) is 4.79 Å². The molecule has 0 spiro atoms. The van der Waals surface area contributed by atoms with Crippen molar-refractivity contribution in [1.82, 2.24) is 9.78 Å². The van der Waals surface area contributed by atoms with Crippen LogP contribution in [0.25, 0.3) is 5.69 Å². The van der Waals surface area contributed by atoms with Gasteiger partial charge >= 0.3 is 6.18 Å². The normalized spacial score (nSPS) is 15.9. The number of anilines is 1. The molecule has 4 nitrogen and oxygen atoms in total. The van der Waals surface area contributed by atoms with E-state index < -0.39 is 17.2 Å². The van der Waals surface area contributed by atoms with E-state index in [0.29, 0.717) is 24.1 Å². The van der Waals surface area contributed by atoms with Gasteiger partial charge in [0.2, 0.25) is 5.91 Å². The fourth-order valence-corrected chi connectivity index (χ4v) is 2.99. The molecule has 3 rings (SSSR count). The minimum absolute atomic E-state index is 0.0480. The van der Waals surface area contributed by atoms with Gasteiger partial charge < -0.3 is 5.32 Å². The second-order valence-electron chi connectivity index (χ2n) is 6.28. The highest BCUT2D eigenvalue weighted by Crippen LogP contribution is 2.53. The molecule has 1 aliphatic rings. The van der Waals surface area contributed by atoms with Gasteiger partial charge in [-0.05, 0) is 42.7 Å². The Morgan fingerprint density at radius 3 is 2.56 bits per heavy atom.